The second-order valence-electron chi connectivity index (χ2n) is 4.38. The van der Waals surface area contributed by atoms with E-state index in [0.29, 0.717) is 12.8 Å². The molecule has 0 spiro atoms. The van der Waals surface area contributed by atoms with Crippen molar-refractivity contribution in [2.24, 2.45) is 0 Å². The van der Waals surface area contributed by atoms with Crippen molar-refractivity contribution in [2.45, 2.75) is 70.1 Å². The van der Waals surface area contributed by atoms with Crippen LogP contribution in [-0.4, -0.2) is 40.9 Å². The number of unbranched alkanes of at least 4 members (excludes halogenated alkanes) is 3. The molecule has 130 valence electrons. The summed E-state index contributed by atoms with van der Waals surface area (Å²) in [6.07, 6.45) is -8.45. The van der Waals surface area contributed by atoms with Crippen LogP contribution >= 0.6 is 0 Å². The van der Waals surface area contributed by atoms with Crippen LogP contribution in [0.4, 0.5) is 30.7 Å². The molecule has 2 nitrogen and oxygen atoms in total. The fraction of sp³-hybridized carbons (Fsp3) is 1.00. The van der Waals surface area contributed by atoms with Crippen molar-refractivity contribution in [3.05, 3.63) is 0 Å². The van der Waals surface area contributed by atoms with E-state index < -0.39 is 30.5 Å². The third kappa shape index (κ3) is 6.82. The fourth-order valence-electron chi connectivity index (χ4n) is 1.34. The molecule has 0 heterocycles. The maximum Gasteiger partial charge on any atom is 0.459 e. The van der Waals surface area contributed by atoms with Crippen LogP contribution in [0.3, 0.4) is 0 Å². The quantitative estimate of drug-likeness (QED) is 0.544. The molecule has 0 aromatic carbocycles. The summed E-state index contributed by atoms with van der Waals surface area (Å²) in [6, 6.07) is 0. The number of alkyl halides is 7. The number of halogens is 7. The van der Waals surface area contributed by atoms with Crippen LogP contribution in [-0.2, 0) is 0 Å². The highest BCUT2D eigenvalue weighted by atomic mass is 19.4. The molecule has 1 unspecified atom stereocenters. The first-order valence-electron chi connectivity index (χ1n) is 6.51. The van der Waals surface area contributed by atoms with Gasteiger partial charge in [0.2, 0.25) is 0 Å². The fourth-order valence-corrected chi connectivity index (χ4v) is 1.34. The molecule has 1 atom stereocenters. The van der Waals surface area contributed by atoms with E-state index in [0.717, 1.165) is 6.42 Å². The van der Waals surface area contributed by atoms with E-state index in [1.807, 2.05) is 6.92 Å². The average Bonchev–Trinajstić information content (AvgIpc) is 2.33. The van der Waals surface area contributed by atoms with Gasteiger partial charge < -0.3 is 10.2 Å². The van der Waals surface area contributed by atoms with Gasteiger partial charge in [-0.25, -0.2) is 0 Å². The SMILES string of the molecule is CCCCCCC(O)C(F)(F)C(F)(F)C(F)(F)F.CCO. The lowest BCUT2D eigenvalue weighted by Gasteiger charge is -2.31. The summed E-state index contributed by atoms with van der Waals surface area (Å²) in [5.74, 6) is -11.7. The standard InChI is InChI=1S/C10H15F7O.C2H6O/c1-2-3-4-5-6-7(18)8(11,12)9(13,14)10(15,16)17;1-2-3/h7,18H,2-6H2,1H3;3H,2H2,1H3. The molecule has 0 aliphatic heterocycles. The largest absolute Gasteiger partial charge is 0.459 e. The zero-order valence-corrected chi connectivity index (χ0v) is 11.9. The van der Waals surface area contributed by atoms with Crippen LogP contribution in [0.5, 0.6) is 0 Å². The summed E-state index contributed by atoms with van der Waals surface area (Å²) in [4.78, 5) is 0. The van der Waals surface area contributed by atoms with Crippen LogP contribution in [0.25, 0.3) is 0 Å². The maximum absolute atomic E-state index is 12.9. The third-order valence-electron chi connectivity index (χ3n) is 2.52. The van der Waals surface area contributed by atoms with E-state index in [1.165, 1.54) is 0 Å². The lowest BCUT2D eigenvalue weighted by Crippen LogP contribution is -2.57. The molecule has 0 bridgehead atoms. The van der Waals surface area contributed by atoms with E-state index in [2.05, 4.69) is 0 Å². The Kier molecular flexibility index (Phi) is 10.2. The van der Waals surface area contributed by atoms with E-state index in [1.54, 1.807) is 6.92 Å². The molecule has 0 saturated carbocycles. The Hall–Kier alpha value is -0.570. The second kappa shape index (κ2) is 9.45. The smallest absolute Gasteiger partial charge is 0.397 e. The highest BCUT2D eigenvalue weighted by Crippen LogP contribution is 2.48. The molecule has 0 radical (unpaired) electrons. The lowest BCUT2D eigenvalue weighted by molar-refractivity contribution is -0.371. The van der Waals surface area contributed by atoms with E-state index in [-0.39, 0.29) is 13.0 Å². The molecule has 0 aromatic heterocycles. The first kappa shape index (κ1) is 22.7. The van der Waals surface area contributed by atoms with Gasteiger partial charge in [-0.2, -0.15) is 30.7 Å². The highest BCUT2D eigenvalue weighted by Gasteiger charge is 2.75. The second-order valence-corrected chi connectivity index (χ2v) is 4.38. The van der Waals surface area contributed by atoms with Crippen molar-refractivity contribution >= 4 is 0 Å². The summed E-state index contributed by atoms with van der Waals surface area (Å²) in [6.45, 7) is 3.74. The zero-order chi connectivity index (χ0) is 17.3. The Bertz CT molecular complexity index is 267. The Balaban J connectivity index is 0. The molecule has 9 heteroatoms. The molecule has 2 N–H and O–H groups in total. The van der Waals surface area contributed by atoms with Crippen LogP contribution in [0.2, 0.25) is 0 Å². The van der Waals surface area contributed by atoms with Gasteiger partial charge in [-0.3, -0.25) is 0 Å². The minimum Gasteiger partial charge on any atom is -0.397 e. The predicted molar refractivity (Wildman–Crippen MR) is 63.5 cm³/mol. The molecule has 0 rings (SSSR count). The van der Waals surface area contributed by atoms with Gasteiger partial charge in [0.15, 0.2) is 0 Å². The van der Waals surface area contributed by atoms with Gasteiger partial charge in [-0.1, -0.05) is 32.6 Å². The Labute approximate surface area is 119 Å². The minimum absolute atomic E-state index is 0.0292. The van der Waals surface area contributed by atoms with Gasteiger partial charge in [0.05, 0.1) is 0 Å². The highest BCUT2D eigenvalue weighted by molar-refractivity contribution is 4.95. The van der Waals surface area contributed by atoms with Gasteiger partial charge >= 0.3 is 18.0 Å². The Morgan fingerprint density at radius 3 is 1.62 bits per heavy atom. The summed E-state index contributed by atoms with van der Waals surface area (Å²) >= 11 is 0. The van der Waals surface area contributed by atoms with Crippen molar-refractivity contribution in [1.82, 2.24) is 0 Å². The maximum atomic E-state index is 12.9. The first-order chi connectivity index (χ1) is 9.40. The number of rotatable bonds is 7. The van der Waals surface area contributed by atoms with Crippen molar-refractivity contribution < 1.29 is 40.9 Å². The van der Waals surface area contributed by atoms with Crippen LogP contribution in [0.1, 0.15) is 46.0 Å². The molecule has 0 aromatic rings. The molecule has 0 saturated heterocycles. The Morgan fingerprint density at radius 2 is 1.29 bits per heavy atom. The van der Waals surface area contributed by atoms with E-state index >= 15 is 0 Å². The normalized spacial score (nSPS) is 14.4. The first-order valence-corrected chi connectivity index (χ1v) is 6.51. The lowest BCUT2D eigenvalue weighted by atomic mass is 9.99. The van der Waals surface area contributed by atoms with E-state index in [4.69, 9.17) is 10.2 Å². The summed E-state index contributed by atoms with van der Waals surface area (Å²) in [5.41, 5.74) is 0. The number of hydrogen-bond acceptors (Lipinski definition) is 2. The summed E-state index contributed by atoms with van der Waals surface area (Å²) in [7, 11) is 0. The number of hydrogen-bond donors (Lipinski definition) is 2. The minimum atomic E-state index is -6.39. The van der Waals surface area contributed by atoms with Crippen molar-refractivity contribution in [2.75, 3.05) is 6.61 Å². The predicted octanol–water partition coefficient (Wildman–Crippen LogP) is 4.15. The van der Waals surface area contributed by atoms with Crippen LogP contribution in [0.15, 0.2) is 0 Å². The molecule has 0 aliphatic rings. The topological polar surface area (TPSA) is 40.5 Å². The number of aliphatic hydroxyl groups is 2. The third-order valence-corrected chi connectivity index (χ3v) is 2.52. The van der Waals surface area contributed by atoms with Gasteiger partial charge in [0, 0.05) is 6.61 Å². The van der Waals surface area contributed by atoms with Crippen LogP contribution < -0.4 is 0 Å². The van der Waals surface area contributed by atoms with Crippen molar-refractivity contribution in [3.8, 4) is 0 Å². The van der Waals surface area contributed by atoms with E-state index in [9.17, 15) is 30.7 Å². The summed E-state index contributed by atoms with van der Waals surface area (Å²) in [5, 5.41) is 16.4. The van der Waals surface area contributed by atoms with Gasteiger partial charge in [-0.05, 0) is 13.3 Å². The average molecular weight is 330 g/mol. The molecule has 0 fully saturated rings. The zero-order valence-electron chi connectivity index (χ0n) is 11.9. The summed E-state index contributed by atoms with van der Waals surface area (Å²) < 4.78 is 86.1. The Morgan fingerprint density at radius 1 is 0.857 bits per heavy atom. The van der Waals surface area contributed by atoms with Gasteiger partial charge in [0.1, 0.15) is 6.10 Å². The molecular formula is C12H21F7O2. The number of aliphatic hydroxyl groups excluding tert-OH is 2. The van der Waals surface area contributed by atoms with Crippen molar-refractivity contribution in [1.29, 1.82) is 0 Å². The van der Waals surface area contributed by atoms with Crippen LogP contribution in [0, 0.1) is 0 Å². The van der Waals surface area contributed by atoms with Gasteiger partial charge in [-0.15, -0.1) is 0 Å². The molecule has 0 amide bonds. The van der Waals surface area contributed by atoms with Gasteiger partial charge in [0.25, 0.3) is 0 Å². The van der Waals surface area contributed by atoms with Crippen molar-refractivity contribution in [3.63, 3.8) is 0 Å². The molecular weight excluding hydrogens is 309 g/mol. The molecule has 0 aliphatic carbocycles. The monoisotopic (exact) mass is 330 g/mol. The molecule has 21 heavy (non-hydrogen) atoms.